The second kappa shape index (κ2) is 5.35. The van der Waals surface area contributed by atoms with Crippen molar-refractivity contribution in [3.05, 3.63) is 22.3 Å². The van der Waals surface area contributed by atoms with Gasteiger partial charge in [-0.05, 0) is 44.6 Å². The summed E-state index contributed by atoms with van der Waals surface area (Å²) in [4.78, 5) is 10.9. The molecule has 0 amide bonds. The number of carboxylic acid groups (broad SMARTS) is 1. The summed E-state index contributed by atoms with van der Waals surface area (Å²) in [5.74, 6) is 1.17. The highest BCUT2D eigenvalue weighted by molar-refractivity contribution is 5.68. The van der Waals surface area contributed by atoms with Gasteiger partial charge in [0, 0.05) is 23.1 Å². The molecule has 0 unspecified atom stereocenters. The summed E-state index contributed by atoms with van der Waals surface area (Å²) in [6, 6.07) is 0. The molecule has 0 aromatic heterocycles. The highest BCUT2D eigenvalue weighted by Crippen LogP contribution is 2.43. The fourth-order valence-corrected chi connectivity index (χ4v) is 3.27. The van der Waals surface area contributed by atoms with Crippen molar-refractivity contribution in [2.75, 3.05) is 13.2 Å². The molecule has 4 nitrogen and oxygen atoms in total. The largest absolute Gasteiger partial charge is 0.493 e. The first kappa shape index (κ1) is 13.3. The van der Waals surface area contributed by atoms with Crippen LogP contribution in [0.4, 0.5) is 0 Å². The van der Waals surface area contributed by atoms with Crippen LogP contribution in [-0.2, 0) is 24.1 Å². The van der Waals surface area contributed by atoms with Gasteiger partial charge in [0.1, 0.15) is 11.5 Å². The number of carbonyl (C=O) groups is 1. The molecule has 4 heteroatoms. The lowest BCUT2D eigenvalue weighted by molar-refractivity contribution is -0.136. The predicted octanol–water partition coefficient (Wildman–Crippen LogP) is 2.66. The molecule has 1 N–H and O–H groups in total. The zero-order chi connectivity index (χ0) is 14.1. The van der Waals surface area contributed by atoms with E-state index in [-0.39, 0.29) is 6.42 Å². The van der Waals surface area contributed by atoms with E-state index in [4.69, 9.17) is 14.6 Å². The third kappa shape index (κ3) is 2.23. The standard InChI is InChI=1S/C16H20O4/c1-10-11-4-2-9-20-16(11)13(6-7-14(17)18)12-5-3-8-19-15(10)12/h2-9H2,1H3,(H,17,18). The number of hydrogen-bond donors (Lipinski definition) is 1. The van der Waals surface area contributed by atoms with E-state index < -0.39 is 5.97 Å². The summed E-state index contributed by atoms with van der Waals surface area (Å²) in [6.45, 7) is 3.58. The van der Waals surface area contributed by atoms with Gasteiger partial charge in [0.15, 0.2) is 0 Å². The zero-order valence-electron chi connectivity index (χ0n) is 11.8. The molecule has 0 spiro atoms. The third-order valence-electron chi connectivity index (χ3n) is 4.20. The number of aliphatic carboxylic acids is 1. The van der Waals surface area contributed by atoms with Gasteiger partial charge in [-0.25, -0.2) is 0 Å². The quantitative estimate of drug-likeness (QED) is 0.922. The lowest BCUT2D eigenvalue weighted by atomic mass is 9.87. The Hall–Kier alpha value is -1.71. The van der Waals surface area contributed by atoms with Crippen LogP contribution in [0.3, 0.4) is 0 Å². The molecule has 0 fully saturated rings. The van der Waals surface area contributed by atoms with Crippen molar-refractivity contribution in [3.63, 3.8) is 0 Å². The lowest BCUT2D eigenvalue weighted by Gasteiger charge is -2.29. The Bertz CT molecular complexity index is 511. The van der Waals surface area contributed by atoms with Crippen molar-refractivity contribution >= 4 is 5.97 Å². The molecule has 0 atom stereocenters. The zero-order valence-corrected chi connectivity index (χ0v) is 11.8. The SMILES string of the molecule is Cc1c2c(c(CCC(=O)O)c3c1OCCC3)OCCC2. The van der Waals surface area contributed by atoms with Gasteiger partial charge in [-0.15, -0.1) is 0 Å². The third-order valence-corrected chi connectivity index (χ3v) is 4.20. The molecular weight excluding hydrogens is 256 g/mol. The first-order valence-electron chi connectivity index (χ1n) is 7.33. The highest BCUT2D eigenvalue weighted by Gasteiger charge is 2.27. The Balaban J connectivity index is 2.11. The van der Waals surface area contributed by atoms with Gasteiger partial charge in [0.25, 0.3) is 0 Å². The van der Waals surface area contributed by atoms with Gasteiger partial charge in [-0.3, -0.25) is 4.79 Å². The predicted molar refractivity (Wildman–Crippen MR) is 74.8 cm³/mol. The molecule has 0 radical (unpaired) electrons. The monoisotopic (exact) mass is 276 g/mol. The van der Waals surface area contributed by atoms with Crippen molar-refractivity contribution in [1.29, 1.82) is 0 Å². The van der Waals surface area contributed by atoms with Crippen molar-refractivity contribution in [3.8, 4) is 11.5 Å². The van der Waals surface area contributed by atoms with E-state index in [1.54, 1.807) is 0 Å². The van der Waals surface area contributed by atoms with E-state index >= 15 is 0 Å². The minimum absolute atomic E-state index is 0.144. The van der Waals surface area contributed by atoms with E-state index in [1.807, 2.05) is 0 Å². The fraction of sp³-hybridized carbons (Fsp3) is 0.562. The van der Waals surface area contributed by atoms with Crippen LogP contribution in [0.2, 0.25) is 0 Å². The number of carboxylic acids is 1. The van der Waals surface area contributed by atoms with E-state index in [2.05, 4.69) is 6.92 Å². The Morgan fingerprint density at radius 1 is 1.10 bits per heavy atom. The van der Waals surface area contributed by atoms with Crippen LogP contribution in [0.1, 0.15) is 41.5 Å². The van der Waals surface area contributed by atoms with Crippen LogP contribution in [0, 0.1) is 6.92 Å². The van der Waals surface area contributed by atoms with Crippen LogP contribution in [-0.4, -0.2) is 24.3 Å². The van der Waals surface area contributed by atoms with Crippen molar-refractivity contribution in [1.82, 2.24) is 0 Å². The molecule has 0 aliphatic carbocycles. The summed E-state index contributed by atoms with van der Waals surface area (Å²) in [5.41, 5.74) is 4.66. The number of fused-ring (bicyclic) bond motifs is 2. The first-order valence-corrected chi connectivity index (χ1v) is 7.33. The Morgan fingerprint density at radius 2 is 1.75 bits per heavy atom. The average molecular weight is 276 g/mol. The smallest absolute Gasteiger partial charge is 0.303 e. The molecule has 0 saturated heterocycles. The summed E-state index contributed by atoms with van der Waals surface area (Å²) in [5, 5.41) is 8.97. The summed E-state index contributed by atoms with van der Waals surface area (Å²) in [7, 11) is 0. The Labute approximate surface area is 118 Å². The van der Waals surface area contributed by atoms with Crippen molar-refractivity contribution in [2.24, 2.45) is 0 Å². The van der Waals surface area contributed by atoms with Crippen molar-refractivity contribution in [2.45, 2.75) is 45.4 Å². The van der Waals surface area contributed by atoms with Crippen LogP contribution in [0.5, 0.6) is 11.5 Å². The molecule has 0 bridgehead atoms. The molecule has 2 heterocycles. The molecule has 20 heavy (non-hydrogen) atoms. The molecule has 2 aliphatic heterocycles. The number of benzene rings is 1. The molecule has 2 aliphatic rings. The van der Waals surface area contributed by atoms with Crippen molar-refractivity contribution < 1.29 is 19.4 Å². The second-order valence-electron chi connectivity index (χ2n) is 5.52. The van der Waals surface area contributed by atoms with Crippen LogP contribution >= 0.6 is 0 Å². The van der Waals surface area contributed by atoms with Crippen LogP contribution in [0.25, 0.3) is 0 Å². The second-order valence-corrected chi connectivity index (χ2v) is 5.52. The maximum absolute atomic E-state index is 10.9. The fourth-order valence-electron chi connectivity index (χ4n) is 3.27. The maximum Gasteiger partial charge on any atom is 0.303 e. The first-order chi connectivity index (χ1) is 9.68. The Morgan fingerprint density at radius 3 is 2.45 bits per heavy atom. The number of rotatable bonds is 3. The summed E-state index contributed by atoms with van der Waals surface area (Å²) < 4.78 is 11.8. The normalized spacial score (nSPS) is 16.6. The Kier molecular flexibility index (Phi) is 3.55. The highest BCUT2D eigenvalue weighted by atomic mass is 16.5. The average Bonchev–Trinajstić information content (AvgIpc) is 2.47. The van der Waals surface area contributed by atoms with Gasteiger partial charge >= 0.3 is 5.97 Å². The van der Waals surface area contributed by atoms with Gasteiger partial charge in [0.2, 0.25) is 0 Å². The van der Waals surface area contributed by atoms with E-state index in [0.717, 1.165) is 56.0 Å². The van der Waals surface area contributed by atoms with Gasteiger partial charge < -0.3 is 14.6 Å². The van der Waals surface area contributed by atoms with E-state index in [1.165, 1.54) is 16.7 Å². The van der Waals surface area contributed by atoms with Gasteiger partial charge in [-0.2, -0.15) is 0 Å². The molecule has 0 saturated carbocycles. The molecule has 3 rings (SSSR count). The summed E-state index contributed by atoms with van der Waals surface area (Å²) >= 11 is 0. The van der Waals surface area contributed by atoms with E-state index in [9.17, 15) is 4.79 Å². The number of ether oxygens (including phenoxy) is 2. The minimum atomic E-state index is -0.763. The topological polar surface area (TPSA) is 55.8 Å². The molecule has 108 valence electrons. The molecule has 1 aromatic rings. The van der Waals surface area contributed by atoms with Crippen LogP contribution in [0.15, 0.2) is 0 Å². The van der Waals surface area contributed by atoms with Gasteiger partial charge in [-0.1, -0.05) is 0 Å². The lowest BCUT2D eigenvalue weighted by Crippen LogP contribution is -2.19. The molecular formula is C16H20O4. The maximum atomic E-state index is 10.9. The van der Waals surface area contributed by atoms with E-state index in [0.29, 0.717) is 6.42 Å². The summed E-state index contributed by atoms with van der Waals surface area (Å²) in [6.07, 6.45) is 4.64. The molecule has 1 aromatic carbocycles. The van der Waals surface area contributed by atoms with Crippen LogP contribution < -0.4 is 9.47 Å². The minimum Gasteiger partial charge on any atom is -0.493 e. The van der Waals surface area contributed by atoms with Gasteiger partial charge in [0.05, 0.1) is 13.2 Å². The number of hydrogen-bond acceptors (Lipinski definition) is 3.